The molecule has 0 aliphatic carbocycles. The Morgan fingerprint density at radius 2 is 1.69 bits per heavy atom. The molecule has 0 saturated heterocycles. The van der Waals surface area contributed by atoms with E-state index >= 15 is 0 Å². The molecule has 0 atom stereocenters. The molecular formula is C23H28N4O2. The van der Waals surface area contributed by atoms with E-state index in [9.17, 15) is 0 Å². The van der Waals surface area contributed by atoms with Crippen LogP contribution in [0.25, 0.3) is 0 Å². The van der Waals surface area contributed by atoms with E-state index in [0.717, 1.165) is 47.2 Å². The van der Waals surface area contributed by atoms with Gasteiger partial charge in [0.1, 0.15) is 5.82 Å². The number of rotatable bonds is 8. The number of hydrogen-bond donors (Lipinski definition) is 2. The van der Waals surface area contributed by atoms with Crippen molar-refractivity contribution in [1.82, 2.24) is 9.97 Å². The van der Waals surface area contributed by atoms with E-state index in [4.69, 9.17) is 9.47 Å². The molecule has 3 rings (SSSR count). The average Bonchev–Trinajstić information content (AvgIpc) is 2.71. The Morgan fingerprint density at radius 3 is 2.45 bits per heavy atom. The maximum atomic E-state index is 5.37. The van der Waals surface area contributed by atoms with Crippen LogP contribution in [0.1, 0.15) is 22.4 Å². The molecule has 0 spiro atoms. The Morgan fingerprint density at radius 1 is 0.897 bits per heavy atom. The molecule has 2 aromatic carbocycles. The Kier molecular flexibility index (Phi) is 6.54. The fourth-order valence-corrected chi connectivity index (χ4v) is 3.09. The van der Waals surface area contributed by atoms with Crippen LogP contribution in [0.15, 0.2) is 42.5 Å². The van der Waals surface area contributed by atoms with Crippen LogP contribution in [0.2, 0.25) is 0 Å². The first-order valence-electron chi connectivity index (χ1n) is 9.64. The van der Waals surface area contributed by atoms with Crippen molar-refractivity contribution in [2.75, 3.05) is 31.4 Å². The van der Waals surface area contributed by atoms with Crippen LogP contribution in [-0.2, 0) is 6.42 Å². The largest absolute Gasteiger partial charge is 0.493 e. The maximum absolute atomic E-state index is 5.37. The molecule has 0 bridgehead atoms. The van der Waals surface area contributed by atoms with Gasteiger partial charge in [-0.25, -0.2) is 4.98 Å². The van der Waals surface area contributed by atoms with E-state index in [1.165, 1.54) is 11.1 Å². The summed E-state index contributed by atoms with van der Waals surface area (Å²) in [7, 11) is 3.29. The van der Waals surface area contributed by atoms with E-state index in [-0.39, 0.29) is 0 Å². The van der Waals surface area contributed by atoms with Crippen molar-refractivity contribution in [1.29, 1.82) is 0 Å². The lowest BCUT2D eigenvalue weighted by Crippen LogP contribution is -2.09. The zero-order valence-corrected chi connectivity index (χ0v) is 17.7. The van der Waals surface area contributed by atoms with Gasteiger partial charge in [0.05, 0.1) is 14.2 Å². The molecule has 152 valence electrons. The molecule has 6 heteroatoms. The number of methoxy groups -OCH3 is 2. The molecule has 29 heavy (non-hydrogen) atoms. The highest BCUT2D eigenvalue weighted by Gasteiger charge is 2.07. The van der Waals surface area contributed by atoms with Crippen molar-refractivity contribution >= 4 is 17.5 Å². The first-order valence-corrected chi connectivity index (χ1v) is 9.64. The minimum Gasteiger partial charge on any atom is -0.493 e. The maximum Gasteiger partial charge on any atom is 0.229 e. The zero-order valence-electron chi connectivity index (χ0n) is 17.7. The number of aromatic nitrogens is 2. The SMILES string of the molecule is COc1ccc(CCNc2cc(C)nc(Nc3cccc(C)c3C)n2)cc1OC. The van der Waals surface area contributed by atoms with Gasteiger partial charge in [-0.1, -0.05) is 18.2 Å². The summed E-state index contributed by atoms with van der Waals surface area (Å²) in [6.07, 6.45) is 0.836. The average molecular weight is 393 g/mol. The summed E-state index contributed by atoms with van der Waals surface area (Å²) in [6.45, 7) is 6.90. The minimum atomic E-state index is 0.590. The van der Waals surface area contributed by atoms with Gasteiger partial charge >= 0.3 is 0 Å². The molecule has 1 aromatic heterocycles. The third-order valence-electron chi connectivity index (χ3n) is 4.87. The summed E-state index contributed by atoms with van der Waals surface area (Å²) in [5.41, 5.74) is 5.51. The monoisotopic (exact) mass is 392 g/mol. The van der Waals surface area contributed by atoms with E-state index in [0.29, 0.717) is 5.95 Å². The molecule has 0 amide bonds. The van der Waals surface area contributed by atoms with Crippen LogP contribution >= 0.6 is 0 Å². The van der Waals surface area contributed by atoms with Crippen LogP contribution in [-0.4, -0.2) is 30.7 Å². The smallest absolute Gasteiger partial charge is 0.229 e. The van der Waals surface area contributed by atoms with E-state index in [1.807, 2.05) is 43.3 Å². The van der Waals surface area contributed by atoms with Crippen LogP contribution in [0.4, 0.5) is 17.5 Å². The van der Waals surface area contributed by atoms with Gasteiger partial charge in [0, 0.05) is 24.0 Å². The van der Waals surface area contributed by atoms with Crippen molar-refractivity contribution in [3.8, 4) is 11.5 Å². The second-order valence-electron chi connectivity index (χ2n) is 6.96. The summed E-state index contributed by atoms with van der Waals surface area (Å²) in [5.74, 6) is 2.86. The Hall–Kier alpha value is -3.28. The van der Waals surface area contributed by atoms with Crippen molar-refractivity contribution in [3.05, 3.63) is 64.8 Å². The number of hydrogen-bond acceptors (Lipinski definition) is 6. The van der Waals surface area contributed by atoms with Crippen LogP contribution in [0.5, 0.6) is 11.5 Å². The first kappa shape index (κ1) is 20.5. The second kappa shape index (κ2) is 9.28. The van der Waals surface area contributed by atoms with Gasteiger partial charge in [-0.3, -0.25) is 0 Å². The number of nitrogens with zero attached hydrogens (tertiary/aromatic N) is 2. The second-order valence-corrected chi connectivity index (χ2v) is 6.96. The topological polar surface area (TPSA) is 68.3 Å². The molecule has 0 radical (unpaired) electrons. The van der Waals surface area contributed by atoms with E-state index in [1.54, 1.807) is 14.2 Å². The highest BCUT2D eigenvalue weighted by molar-refractivity contribution is 5.61. The highest BCUT2D eigenvalue weighted by atomic mass is 16.5. The van der Waals surface area contributed by atoms with Crippen LogP contribution in [0.3, 0.4) is 0 Å². The van der Waals surface area contributed by atoms with E-state index in [2.05, 4.69) is 40.5 Å². The number of anilines is 3. The van der Waals surface area contributed by atoms with Crippen molar-refractivity contribution in [2.24, 2.45) is 0 Å². The number of nitrogens with one attached hydrogen (secondary N) is 2. The molecule has 0 unspecified atom stereocenters. The summed E-state index contributed by atoms with van der Waals surface area (Å²) in [6, 6.07) is 14.1. The standard InChI is InChI=1S/C23H28N4O2/c1-15-7-6-8-19(17(15)3)26-23-25-16(2)13-22(27-23)24-12-11-18-9-10-20(28-4)21(14-18)29-5/h6-10,13-14H,11-12H2,1-5H3,(H2,24,25,26,27). The Labute approximate surface area is 172 Å². The fraction of sp³-hybridized carbons (Fsp3) is 0.304. The van der Waals surface area contributed by atoms with E-state index < -0.39 is 0 Å². The molecule has 3 aromatic rings. The fourth-order valence-electron chi connectivity index (χ4n) is 3.09. The molecule has 0 saturated carbocycles. The predicted octanol–water partition coefficient (Wildman–Crippen LogP) is 4.82. The third-order valence-corrected chi connectivity index (χ3v) is 4.87. The summed E-state index contributed by atoms with van der Waals surface area (Å²) in [5, 5.41) is 6.73. The molecule has 6 nitrogen and oxygen atoms in total. The molecule has 0 aliphatic heterocycles. The molecule has 1 heterocycles. The summed E-state index contributed by atoms with van der Waals surface area (Å²) in [4.78, 5) is 9.13. The highest BCUT2D eigenvalue weighted by Crippen LogP contribution is 2.27. The molecule has 0 fully saturated rings. The molecule has 0 aliphatic rings. The molecular weight excluding hydrogens is 364 g/mol. The van der Waals surface area contributed by atoms with Gasteiger partial charge < -0.3 is 20.1 Å². The zero-order chi connectivity index (χ0) is 20.8. The first-order chi connectivity index (χ1) is 14.0. The van der Waals surface area contributed by atoms with Gasteiger partial charge in [0.2, 0.25) is 5.95 Å². The summed E-state index contributed by atoms with van der Waals surface area (Å²) < 4.78 is 10.7. The normalized spacial score (nSPS) is 10.5. The van der Waals surface area contributed by atoms with Crippen molar-refractivity contribution in [2.45, 2.75) is 27.2 Å². The lowest BCUT2D eigenvalue weighted by molar-refractivity contribution is 0.354. The van der Waals surface area contributed by atoms with Gasteiger partial charge in [-0.15, -0.1) is 0 Å². The van der Waals surface area contributed by atoms with Gasteiger partial charge in [0.15, 0.2) is 11.5 Å². The van der Waals surface area contributed by atoms with Crippen molar-refractivity contribution in [3.63, 3.8) is 0 Å². The summed E-state index contributed by atoms with van der Waals surface area (Å²) >= 11 is 0. The Bertz CT molecular complexity index is 989. The van der Waals surface area contributed by atoms with Gasteiger partial charge in [0.25, 0.3) is 0 Å². The van der Waals surface area contributed by atoms with Crippen LogP contribution < -0.4 is 20.1 Å². The van der Waals surface area contributed by atoms with Crippen LogP contribution in [0, 0.1) is 20.8 Å². The number of aryl methyl sites for hydroxylation is 2. The lowest BCUT2D eigenvalue weighted by atomic mass is 10.1. The minimum absolute atomic E-state index is 0.590. The van der Waals surface area contributed by atoms with Gasteiger partial charge in [-0.05, 0) is 62.1 Å². The Balaban J connectivity index is 1.67. The lowest BCUT2D eigenvalue weighted by Gasteiger charge is -2.13. The van der Waals surface area contributed by atoms with Gasteiger partial charge in [-0.2, -0.15) is 4.98 Å². The predicted molar refractivity (Wildman–Crippen MR) is 118 cm³/mol. The quantitative estimate of drug-likeness (QED) is 0.573. The van der Waals surface area contributed by atoms with Crippen molar-refractivity contribution < 1.29 is 9.47 Å². The molecule has 2 N–H and O–H groups in total. The number of ether oxygens (including phenoxy) is 2. The third kappa shape index (κ3) is 5.16. The number of benzene rings is 2.